The third-order valence-electron chi connectivity index (χ3n) is 5.64. The molecule has 138 valence electrons. The lowest BCUT2D eigenvalue weighted by Crippen LogP contribution is -2.46. The highest BCUT2D eigenvalue weighted by molar-refractivity contribution is 5.85. The van der Waals surface area contributed by atoms with Crippen LogP contribution in [0.4, 0.5) is 0 Å². The second-order valence-electron chi connectivity index (χ2n) is 7.91. The maximum Gasteiger partial charge on any atom is 0.304 e. The minimum Gasteiger partial charge on any atom is -0.481 e. The molecule has 3 rings (SSSR count). The molecule has 0 unspecified atom stereocenters. The van der Waals surface area contributed by atoms with Gasteiger partial charge in [0.1, 0.15) is 0 Å². The third kappa shape index (κ3) is 4.21. The molecule has 1 amide bonds. The van der Waals surface area contributed by atoms with Crippen molar-refractivity contribution in [2.24, 2.45) is 17.3 Å². The maximum absolute atomic E-state index is 12.9. The SMILES string of the molecule is CC(C)[C@H]1CN(CCC(=O)O)C[C@@H]1NC(=O)C1(Cn2ccnc2)CC1. The Morgan fingerprint density at radius 1 is 1.36 bits per heavy atom. The Kier molecular flexibility index (Phi) is 5.13. The number of amides is 1. The Hall–Kier alpha value is -1.89. The molecule has 1 aliphatic heterocycles. The maximum atomic E-state index is 12.9. The van der Waals surface area contributed by atoms with Crippen molar-refractivity contribution in [3.63, 3.8) is 0 Å². The Balaban J connectivity index is 1.60. The lowest BCUT2D eigenvalue weighted by atomic mass is 9.90. The number of carbonyl (C=O) groups is 2. The molecule has 25 heavy (non-hydrogen) atoms. The second kappa shape index (κ2) is 7.15. The van der Waals surface area contributed by atoms with Crippen molar-refractivity contribution in [1.29, 1.82) is 0 Å². The first-order valence-corrected chi connectivity index (χ1v) is 9.10. The van der Waals surface area contributed by atoms with Crippen LogP contribution in [0.1, 0.15) is 33.1 Å². The monoisotopic (exact) mass is 348 g/mol. The fourth-order valence-corrected chi connectivity index (χ4v) is 3.84. The summed E-state index contributed by atoms with van der Waals surface area (Å²) < 4.78 is 1.97. The zero-order valence-corrected chi connectivity index (χ0v) is 15.0. The Morgan fingerprint density at radius 2 is 2.12 bits per heavy atom. The summed E-state index contributed by atoms with van der Waals surface area (Å²) in [6.07, 6.45) is 7.37. The van der Waals surface area contributed by atoms with E-state index in [2.05, 4.69) is 29.0 Å². The van der Waals surface area contributed by atoms with E-state index in [0.29, 0.717) is 24.9 Å². The number of carbonyl (C=O) groups excluding carboxylic acids is 1. The number of nitrogens with one attached hydrogen (secondary N) is 1. The standard InChI is InChI=1S/C18H28N4O3/c1-13(2)14-9-21(7-3-16(23)24)10-15(14)20-17(25)18(4-5-18)11-22-8-6-19-12-22/h6,8,12-15H,3-5,7,9-11H2,1-2H3,(H,20,25)(H,23,24)/t14-,15+/m1/s1. The molecule has 0 aromatic carbocycles. The van der Waals surface area contributed by atoms with Crippen molar-refractivity contribution >= 4 is 11.9 Å². The molecule has 1 saturated heterocycles. The van der Waals surface area contributed by atoms with Gasteiger partial charge in [0.25, 0.3) is 0 Å². The van der Waals surface area contributed by atoms with Gasteiger partial charge in [0.05, 0.1) is 18.2 Å². The van der Waals surface area contributed by atoms with Crippen LogP contribution in [0.5, 0.6) is 0 Å². The van der Waals surface area contributed by atoms with Crippen LogP contribution < -0.4 is 5.32 Å². The zero-order valence-electron chi connectivity index (χ0n) is 15.0. The lowest BCUT2D eigenvalue weighted by molar-refractivity contribution is -0.137. The van der Waals surface area contributed by atoms with Gasteiger partial charge in [-0.2, -0.15) is 0 Å². The van der Waals surface area contributed by atoms with Gasteiger partial charge in [-0.25, -0.2) is 4.98 Å². The Morgan fingerprint density at radius 3 is 2.68 bits per heavy atom. The summed E-state index contributed by atoms with van der Waals surface area (Å²) in [6.45, 7) is 7.16. The van der Waals surface area contributed by atoms with Gasteiger partial charge < -0.3 is 19.9 Å². The Labute approximate surface area is 148 Å². The fourth-order valence-electron chi connectivity index (χ4n) is 3.84. The van der Waals surface area contributed by atoms with Crippen LogP contribution in [-0.4, -0.2) is 57.1 Å². The highest BCUT2D eigenvalue weighted by Crippen LogP contribution is 2.47. The molecular formula is C18H28N4O3. The van der Waals surface area contributed by atoms with Crippen molar-refractivity contribution in [2.45, 2.75) is 45.7 Å². The number of hydrogen-bond donors (Lipinski definition) is 2. The summed E-state index contributed by atoms with van der Waals surface area (Å²) in [5.74, 6) is 0.175. The first-order valence-electron chi connectivity index (χ1n) is 9.10. The predicted octanol–water partition coefficient (Wildman–Crippen LogP) is 1.21. The molecule has 2 fully saturated rings. The molecule has 0 bridgehead atoms. The van der Waals surface area contributed by atoms with E-state index in [1.807, 2.05) is 10.8 Å². The molecule has 1 aromatic heterocycles. The molecule has 2 N–H and O–H groups in total. The van der Waals surface area contributed by atoms with E-state index in [4.69, 9.17) is 5.11 Å². The molecule has 2 aliphatic rings. The van der Waals surface area contributed by atoms with Crippen LogP contribution in [-0.2, 0) is 16.1 Å². The van der Waals surface area contributed by atoms with Crippen LogP contribution in [0.25, 0.3) is 0 Å². The van der Waals surface area contributed by atoms with E-state index in [1.165, 1.54) is 0 Å². The van der Waals surface area contributed by atoms with Crippen LogP contribution in [0.15, 0.2) is 18.7 Å². The van der Waals surface area contributed by atoms with Gasteiger partial charge in [0.15, 0.2) is 0 Å². The van der Waals surface area contributed by atoms with Crippen LogP contribution in [0.3, 0.4) is 0 Å². The van der Waals surface area contributed by atoms with Crippen LogP contribution in [0, 0.1) is 17.3 Å². The minimum absolute atomic E-state index is 0.0987. The van der Waals surface area contributed by atoms with Gasteiger partial charge in [0, 0.05) is 44.6 Å². The summed E-state index contributed by atoms with van der Waals surface area (Å²) in [7, 11) is 0. The number of aliphatic carboxylic acids is 1. The third-order valence-corrected chi connectivity index (χ3v) is 5.64. The fraction of sp³-hybridized carbons (Fsp3) is 0.722. The number of carboxylic acid groups (broad SMARTS) is 1. The van der Waals surface area contributed by atoms with Crippen molar-refractivity contribution in [3.8, 4) is 0 Å². The van der Waals surface area contributed by atoms with Crippen molar-refractivity contribution in [3.05, 3.63) is 18.7 Å². The summed E-state index contributed by atoms with van der Waals surface area (Å²) >= 11 is 0. The topological polar surface area (TPSA) is 87.5 Å². The molecule has 2 atom stereocenters. The summed E-state index contributed by atoms with van der Waals surface area (Å²) in [6, 6.07) is 0.0987. The number of hydrogen-bond acceptors (Lipinski definition) is 4. The first-order chi connectivity index (χ1) is 11.9. The Bertz CT molecular complexity index is 610. The summed E-state index contributed by atoms with van der Waals surface area (Å²) in [4.78, 5) is 29.9. The number of imidazole rings is 1. The highest BCUT2D eigenvalue weighted by atomic mass is 16.4. The average Bonchev–Trinajstić information content (AvgIpc) is 2.96. The zero-order chi connectivity index (χ0) is 18.0. The lowest BCUT2D eigenvalue weighted by Gasteiger charge is -2.25. The van der Waals surface area contributed by atoms with E-state index in [9.17, 15) is 9.59 Å². The molecule has 1 aromatic rings. The molecule has 0 radical (unpaired) electrons. The minimum atomic E-state index is -0.772. The number of nitrogens with zero attached hydrogens (tertiary/aromatic N) is 3. The second-order valence-corrected chi connectivity index (χ2v) is 7.91. The number of rotatable bonds is 8. The van der Waals surface area contributed by atoms with Crippen LogP contribution >= 0.6 is 0 Å². The molecule has 1 aliphatic carbocycles. The predicted molar refractivity (Wildman–Crippen MR) is 92.8 cm³/mol. The normalized spacial score (nSPS) is 25.2. The molecule has 2 heterocycles. The average molecular weight is 348 g/mol. The molecular weight excluding hydrogens is 320 g/mol. The van der Waals surface area contributed by atoms with Gasteiger partial charge in [-0.3, -0.25) is 9.59 Å². The van der Waals surface area contributed by atoms with Crippen LogP contribution in [0.2, 0.25) is 0 Å². The van der Waals surface area contributed by atoms with Gasteiger partial charge in [0.2, 0.25) is 5.91 Å². The largest absolute Gasteiger partial charge is 0.481 e. The van der Waals surface area contributed by atoms with Crippen molar-refractivity contribution in [2.75, 3.05) is 19.6 Å². The van der Waals surface area contributed by atoms with Crippen molar-refractivity contribution < 1.29 is 14.7 Å². The molecule has 7 heteroatoms. The number of carboxylic acids is 1. The van der Waals surface area contributed by atoms with E-state index < -0.39 is 5.97 Å². The highest BCUT2D eigenvalue weighted by Gasteiger charge is 2.51. The smallest absolute Gasteiger partial charge is 0.304 e. The van der Waals surface area contributed by atoms with E-state index in [1.54, 1.807) is 12.5 Å². The van der Waals surface area contributed by atoms with Gasteiger partial charge in [-0.1, -0.05) is 13.8 Å². The van der Waals surface area contributed by atoms with Crippen molar-refractivity contribution in [1.82, 2.24) is 19.8 Å². The summed E-state index contributed by atoms with van der Waals surface area (Å²) in [5.41, 5.74) is -0.295. The van der Waals surface area contributed by atoms with Gasteiger partial charge >= 0.3 is 5.97 Å². The van der Waals surface area contributed by atoms with Gasteiger partial charge in [-0.05, 0) is 24.7 Å². The molecule has 1 saturated carbocycles. The van der Waals surface area contributed by atoms with E-state index >= 15 is 0 Å². The first kappa shape index (κ1) is 17.9. The number of likely N-dealkylation sites (tertiary alicyclic amines) is 1. The van der Waals surface area contributed by atoms with E-state index in [-0.39, 0.29) is 23.8 Å². The quantitative estimate of drug-likeness (QED) is 0.737. The van der Waals surface area contributed by atoms with Gasteiger partial charge in [-0.15, -0.1) is 0 Å². The molecule has 0 spiro atoms. The number of aromatic nitrogens is 2. The molecule has 7 nitrogen and oxygen atoms in total. The summed E-state index contributed by atoms with van der Waals surface area (Å²) in [5, 5.41) is 12.2. The van der Waals surface area contributed by atoms with E-state index in [0.717, 1.165) is 25.9 Å².